The summed E-state index contributed by atoms with van der Waals surface area (Å²) in [5, 5.41) is 0.154. The minimum atomic E-state index is 0.154. The van der Waals surface area contributed by atoms with Crippen LogP contribution >= 0.6 is 11.8 Å². The van der Waals surface area contributed by atoms with Crippen molar-refractivity contribution >= 4 is 24.0 Å². The molecule has 0 radical (unpaired) electrons. The Morgan fingerprint density at radius 2 is 2.43 bits per heavy atom. The van der Waals surface area contributed by atoms with E-state index in [0.29, 0.717) is 13.0 Å². The molecule has 1 amide bonds. The summed E-state index contributed by atoms with van der Waals surface area (Å²) in [6.45, 7) is 3.55. The lowest BCUT2D eigenvalue weighted by atomic mass is 10.4. The number of carbonyl (C=O) groups is 2. The highest BCUT2D eigenvalue weighted by molar-refractivity contribution is 8.00. The maximum atomic E-state index is 11.7. The number of carbonyl (C=O) groups excluding carboxylic acids is 2. The van der Waals surface area contributed by atoms with Gasteiger partial charge >= 0.3 is 0 Å². The number of hydrogen-bond acceptors (Lipinski definition) is 3. The van der Waals surface area contributed by atoms with Gasteiger partial charge in [0.15, 0.2) is 0 Å². The van der Waals surface area contributed by atoms with E-state index in [2.05, 4.69) is 6.92 Å². The van der Waals surface area contributed by atoms with Crippen LogP contribution in [-0.4, -0.2) is 41.2 Å². The fraction of sp³-hybridized carbons (Fsp3) is 0.800. The standard InChI is InChI=1S/C10H17NO2S/c1-2-8-14-9-4-6-11(10(9)13)5-3-7-12/h7,9H,2-6,8H2,1H3. The number of amides is 1. The van der Waals surface area contributed by atoms with Gasteiger partial charge in [-0.15, -0.1) is 11.8 Å². The molecule has 4 heteroatoms. The van der Waals surface area contributed by atoms with E-state index in [1.165, 1.54) is 0 Å². The van der Waals surface area contributed by atoms with Crippen molar-refractivity contribution in [3.8, 4) is 0 Å². The zero-order valence-electron chi connectivity index (χ0n) is 8.57. The number of thioether (sulfide) groups is 1. The lowest BCUT2D eigenvalue weighted by Crippen LogP contribution is -2.29. The van der Waals surface area contributed by atoms with E-state index in [-0.39, 0.29) is 11.2 Å². The summed E-state index contributed by atoms with van der Waals surface area (Å²) < 4.78 is 0. The van der Waals surface area contributed by atoms with Crippen LogP contribution in [0.4, 0.5) is 0 Å². The second-order valence-electron chi connectivity index (χ2n) is 3.43. The van der Waals surface area contributed by atoms with Crippen molar-refractivity contribution in [2.75, 3.05) is 18.8 Å². The molecule has 0 N–H and O–H groups in total. The molecule has 1 rings (SSSR count). The largest absolute Gasteiger partial charge is 0.341 e. The first-order valence-corrected chi connectivity index (χ1v) is 6.18. The molecule has 80 valence electrons. The maximum absolute atomic E-state index is 11.7. The van der Waals surface area contributed by atoms with Crippen molar-refractivity contribution < 1.29 is 9.59 Å². The Morgan fingerprint density at radius 1 is 1.64 bits per heavy atom. The highest BCUT2D eigenvalue weighted by atomic mass is 32.2. The van der Waals surface area contributed by atoms with E-state index in [9.17, 15) is 9.59 Å². The Balaban J connectivity index is 2.31. The van der Waals surface area contributed by atoms with Crippen molar-refractivity contribution in [1.82, 2.24) is 4.90 Å². The molecular formula is C10H17NO2S. The van der Waals surface area contributed by atoms with Crippen molar-refractivity contribution in [3.63, 3.8) is 0 Å². The van der Waals surface area contributed by atoms with Crippen LogP contribution in [0.1, 0.15) is 26.2 Å². The van der Waals surface area contributed by atoms with Gasteiger partial charge in [-0.25, -0.2) is 0 Å². The lowest BCUT2D eigenvalue weighted by molar-refractivity contribution is -0.127. The smallest absolute Gasteiger partial charge is 0.235 e. The third-order valence-corrected chi connectivity index (χ3v) is 3.77. The topological polar surface area (TPSA) is 37.4 Å². The zero-order chi connectivity index (χ0) is 10.4. The number of rotatable bonds is 6. The zero-order valence-corrected chi connectivity index (χ0v) is 9.39. The molecule has 1 fully saturated rings. The molecule has 0 aromatic heterocycles. The average molecular weight is 215 g/mol. The second kappa shape index (κ2) is 6.06. The van der Waals surface area contributed by atoms with Gasteiger partial charge in [0, 0.05) is 19.5 Å². The van der Waals surface area contributed by atoms with E-state index in [0.717, 1.165) is 31.4 Å². The van der Waals surface area contributed by atoms with Crippen LogP contribution in [0.2, 0.25) is 0 Å². The third-order valence-electron chi connectivity index (χ3n) is 2.29. The van der Waals surface area contributed by atoms with Crippen LogP contribution in [0.15, 0.2) is 0 Å². The summed E-state index contributed by atoms with van der Waals surface area (Å²) in [6.07, 6.45) is 3.40. The van der Waals surface area contributed by atoms with Crippen LogP contribution < -0.4 is 0 Å². The molecule has 0 bridgehead atoms. The molecule has 1 aliphatic heterocycles. The van der Waals surface area contributed by atoms with Gasteiger partial charge in [0.1, 0.15) is 6.29 Å². The Morgan fingerprint density at radius 3 is 3.07 bits per heavy atom. The number of hydrogen-bond donors (Lipinski definition) is 0. The van der Waals surface area contributed by atoms with E-state index in [1.807, 2.05) is 4.90 Å². The normalized spacial score (nSPS) is 21.6. The molecule has 1 aliphatic rings. The lowest BCUT2D eigenvalue weighted by Gasteiger charge is -2.14. The predicted octanol–water partition coefficient (Wildman–Crippen LogP) is 1.32. The van der Waals surface area contributed by atoms with Crippen LogP contribution in [0.25, 0.3) is 0 Å². The van der Waals surface area contributed by atoms with E-state index >= 15 is 0 Å². The van der Waals surface area contributed by atoms with Crippen LogP contribution in [0.5, 0.6) is 0 Å². The van der Waals surface area contributed by atoms with Gasteiger partial charge in [-0.05, 0) is 18.6 Å². The fourth-order valence-corrected chi connectivity index (χ4v) is 2.64. The summed E-state index contributed by atoms with van der Waals surface area (Å²) in [6, 6.07) is 0. The van der Waals surface area contributed by atoms with Crippen LogP contribution in [-0.2, 0) is 9.59 Å². The van der Waals surface area contributed by atoms with Gasteiger partial charge in [0.2, 0.25) is 5.91 Å². The Kier molecular flexibility index (Phi) is 5.01. The Hall–Kier alpha value is -0.510. The summed E-state index contributed by atoms with van der Waals surface area (Å²) in [7, 11) is 0. The van der Waals surface area contributed by atoms with E-state index in [4.69, 9.17) is 0 Å². The van der Waals surface area contributed by atoms with Gasteiger partial charge in [0.05, 0.1) is 5.25 Å². The molecule has 3 nitrogen and oxygen atoms in total. The van der Waals surface area contributed by atoms with Crippen molar-refractivity contribution in [3.05, 3.63) is 0 Å². The molecule has 1 saturated heterocycles. The van der Waals surface area contributed by atoms with Crippen LogP contribution in [0.3, 0.4) is 0 Å². The minimum absolute atomic E-state index is 0.154. The molecule has 0 spiro atoms. The molecule has 0 saturated carbocycles. The molecule has 0 aromatic rings. The van der Waals surface area contributed by atoms with Crippen molar-refractivity contribution in [2.45, 2.75) is 31.4 Å². The molecular weight excluding hydrogens is 198 g/mol. The summed E-state index contributed by atoms with van der Waals surface area (Å²) in [5.41, 5.74) is 0. The highest BCUT2D eigenvalue weighted by Gasteiger charge is 2.30. The SMILES string of the molecule is CCCSC1CCN(CCC=O)C1=O. The van der Waals surface area contributed by atoms with E-state index in [1.54, 1.807) is 11.8 Å². The van der Waals surface area contributed by atoms with Crippen LogP contribution in [0, 0.1) is 0 Å². The number of likely N-dealkylation sites (tertiary alicyclic amines) is 1. The van der Waals surface area contributed by atoms with Gasteiger partial charge in [-0.3, -0.25) is 4.79 Å². The molecule has 0 aromatic carbocycles. The molecule has 1 unspecified atom stereocenters. The first kappa shape index (κ1) is 11.6. The van der Waals surface area contributed by atoms with Gasteiger partial charge in [-0.2, -0.15) is 0 Å². The maximum Gasteiger partial charge on any atom is 0.235 e. The van der Waals surface area contributed by atoms with Crippen molar-refractivity contribution in [2.24, 2.45) is 0 Å². The Labute approximate surface area is 89.2 Å². The summed E-state index contributed by atoms with van der Waals surface area (Å²) in [5.74, 6) is 1.28. The first-order chi connectivity index (χ1) is 6.79. The first-order valence-electron chi connectivity index (χ1n) is 5.13. The molecule has 14 heavy (non-hydrogen) atoms. The number of aldehydes is 1. The quantitative estimate of drug-likeness (QED) is 0.627. The highest BCUT2D eigenvalue weighted by Crippen LogP contribution is 2.24. The third kappa shape index (κ3) is 3.01. The second-order valence-corrected chi connectivity index (χ2v) is 4.74. The van der Waals surface area contributed by atoms with Crippen molar-refractivity contribution in [1.29, 1.82) is 0 Å². The Bertz CT molecular complexity index is 208. The summed E-state index contributed by atoms with van der Waals surface area (Å²) in [4.78, 5) is 23.7. The van der Waals surface area contributed by atoms with E-state index < -0.39 is 0 Å². The van der Waals surface area contributed by atoms with Gasteiger partial charge in [0.25, 0.3) is 0 Å². The monoisotopic (exact) mass is 215 g/mol. The minimum Gasteiger partial charge on any atom is -0.341 e. The molecule has 1 heterocycles. The summed E-state index contributed by atoms with van der Waals surface area (Å²) >= 11 is 1.75. The average Bonchev–Trinajstić information content (AvgIpc) is 2.54. The fourth-order valence-electron chi connectivity index (χ4n) is 1.56. The predicted molar refractivity (Wildman–Crippen MR) is 58.4 cm³/mol. The number of nitrogens with zero attached hydrogens (tertiary/aromatic N) is 1. The molecule has 0 aliphatic carbocycles. The molecule has 1 atom stereocenters. The van der Waals surface area contributed by atoms with Gasteiger partial charge in [-0.1, -0.05) is 6.92 Å². The van der Waals surface area contributed by atoms with Gasteiger partial charge < -0.3 is 9.69 Å².